The van der Waals surface area contributed by atoms with Gasteiger partial charge in [0.2, 0.25) is 5.88 Å². The normalized spacial score (nSPS) is 14.6. The van der Waals surface area contributed by atoms with Gasteiger partial charge in [-0.15, -0.1) is 24.4 Å². The standard InChI is InChI=1S/C12H10BrNOS2.C11H17N3O2/c1-17-10-4-2-8(3-5-10)15-12-11(13)6-9(16)7-14-12;1-2-16-11(15)7-14-10-5-3-4-9(12)8(10)6-13-14/h2-7,16H,1H3;6,9H,2-5,7,12H2,1H3. The van der Waals surface area contributed by atoms with Gasteiger partial charge in [0.25, 0.3) is 0 Å². The highest BCUT2D eigenvalue weighted by atomic mass is 79.9. The summed E-state index contributed by atoms with van der Waals surface area (Å²) in [6.45, 7) is 2.39. The second kappa shape index (κ2) is 12.5. The number of fused-ring (bicyclic) bond motifs is 1. The monoisotopic (exact) mass is 550 g/mol. The van der Waals surface area contributed by atoms with Crippen molar-refractivity contribution in [3.8, 4) is 11.6 Å². The average molecular weight is 552 g/mol. The molecule has 0 bridgehead atoms. The SMILES string of the molecule is CCOC(=O)Cn1ncc2c1CCCC2N.CSc1ccc(Oc2ncc(S)cc2Br)cc1. The minimum absolute atomic E-state index is 0.0692. The third kappa shape index (κ3) is 7.23. The molecule has 1 aromatic carbocycles. The highest BCUT2D eigenvalue weighted by molar-refractivity contribution is 9.10. The van der Waals surface area contributed by atoms with Crippen LogP contribution in [0.4, 0.5) is 0 Å². The van der Waals surface area contributed by atoms with Crippen LogP contribution in [0.3, 0.4) is 0 Å². The summed E-state index contributed by atoms with van der Waals surface area (Å²) in [5.41, 5.74) is 8.15. The molecule has 1 atom stereocenters. The molecule has 2 aromatic heterocycles. The van der Waals surface area contributed by atoms with Crippen LogP contribution in [0.1, 0.15) is 37.1 Å². The molecule has 1 unspecified atom stereocenters. The molecule has 2 heterocycles. The number of carbonyl (C=O) groups excluding carboxylic acids is 1. The molecule has 1 aliphatic rings. The average Bonchev–Trinajstić information content (AvgIpc) is 3.21. The summed E-state index contributed by atoms with van der Waals surface area (Å²) in [5, 5.41) is 4.21. The lowest BCUT2D eigenvalue weighted by atomic mass is 9.94. The fraction of sp³-hybridized carbons (Fsp3) is 0.348. The van der Waals surface area contributed by atoms with Crippen molar-refractivity contribution in [2.45, 2.75) is 48.6 Å². The topological polar surface area (TPSA) is 92.3 Å². The Morgan fingerprint density at radius 3 is 2.76 bits per heavy atom. The van der Waals surface area contributed by atoms with Crippen LogP contribution in [0, 0.1) is 0 Å². The van der Waals surface area contributed by atoms with Gasteiger partial charge in [0.15, 0.2) is 0 Å². The van der Waals surface area contributed by atoms with E-state index < -0.39 is 0 Å². The molecule has 0 fully saturated rings. The van der Waals surface area contributed by atoms with Crippen molar-refractivity contribution >= 4 is 46.3 Å². The number of halogens is 1. The Labute approximate surface area is 212 Å². The van der Waals surface area contributed by atoms with Crippen LogP contribution >= 0.6 is 40.3 Å². The smallest absolute Gasteiger partial charge is 0.327 e. The van der Waals surface area contributed by atoms with Crippen molar-refractivity contribution in [1.82, 2.24) is 14.8 Å². The molecule has 0 amide bonds. The first kappa shape index (κ1) is 25.6. The number of nitrogens with zero attached hydrogens (tertiary/aromatic N) is 3. The lowest BCUT2D eigenvalue weighted by Gasteiger charge is -2.19. The molecule has 7 nitrogen and oxygen atoms in total. The van der Waals surface area contributed by atoms with E-state index in [0.29, 0.717) is 12.5 Å². The van der Waals surface area contributed by atoms with Gasteiger partial charge in [-0.05, 0) is 78.7 Å². The van der Waals surface area contributed by atoms with E-state index in [1.165, 1.54) is 4.90 Å². The third-order valence-corrected chi connectivity index (χ3v) is 6.52. The van der Waals surface area contributed by atoms with Crippen molar-refractivity contribution in [1.29, 1.82) is 0 Å². The Morgan fingerprint density at radius 2 is 2.09 bits per heavy atom. The molecule has 2 N–H and O–H groups in total. The summed E-state index contributed by atoms with van der Waals surface area (Å²) in [5.74, 6) is 1.06. The molecule has 0 saturated carbocycles. The Hall–Kier alpha value is -2.01. The van der Waals surface area contributed by atoms with Gasteiger partial charge in [-0.2, -0.15) is 5.10 Å². The number of nitrogens with two attached hydrogens (primary N) is 1. The predicted molar refractivity (Wildman–Crippen MR) is 136 cm³/mol. The molecule has 1 aliphatic carbocycles. The first-order valence-electron chi connectivity index (χ1n) is 10.5. The van der Waals surface area contributed by atoms with Gasteiger partial charge in [0.1, 0.15) is 12.3 Å². The lowest BCUT2D eigenvalue weighted by Crippen LogP contribution is -2.21. The first-order valence-corrected chi connectivity index (χ1v) is 13.0. The number of carbonyl (C=O) groups is 1. The van der Waals surface area contributed by atoms with Crippen molar-refractivity contribution in [3.63, 3.8) is 0 Å². The van der Waals surface area contributed by atoms with Crippen molar-refractivity contribution < 1.29 is 14.3 Å². The number of rotatable bonds is 6. The highest BCUT2D eigenvalue weighted by Crippen LogP contribution is 2.30. The first-order chi connectivity index (χ1) is 15.9. The number of aromatic nitrogens is 3. The van der Waals surface area contributed by atoms with E-state index >= 15 is 0 Å². The Kier molecular flexibility index (Phi) is 9.66. The molecule has 0 saturated heterocycles. The van der Waals surface area contributed by atoms with E-state index in [1.807, 2.05) is 36.6 Å². The number of hydrogen-bond donors (Lipinski definition) is 2. The van der Waals surface area contributed by atoms with E-state index in [-0.39, 0.29) is 18.6 Å². The van der Waals surface area contributed by atoms with Crippen LogP contribution < -0.4 is 10.5 Å². The van der Waals surface area contributed by atoms with Crippen molar-refractivity contribution in [3.05, 3.63) is 58.5 Å². The second-order valence-electron chi connectivity index (χ2n) is 7.27. The number of ether oxygens (including phenoxy) is 2. The van der Waals surface area contributed by atoms with Crippen molar-refractivity contribution in [2.24, 2.45) is 5.73 Å². The predicted octanol–water partition coefficient (Wildman–Crippen LogP) is 5.43. The molecule has 0 aliphatic heterocycles. The maximum Gasteiger partial charge on any atom is 0.327 e. The molecule has 33 heavy (non-hydrogen) atoms. The van der Waals surface area contributed by atoms with Crippen LogP contribution in [-0.2, 0) is 22.5 Å². The van der Waals surface area contributed by atoms with E-state index in [2.05, 4.69) is 38.6 Å². The van der Waals surface area contributed by atoms with Gasteiger partial charge in [-0.3, -0.25) is 9.48 Å². The van der Waals surface area contributed by atoms with Crippen LogP contribution in [0.15, 0.2) is 57.0 Å². The van der Waals surface area contributed by atoms with Crippen LogP contribution in [0.25, 0.3) is 0 Å². The van der Waals surface area contributed by atoms with Crippen LogP contribution in [0.2, 0.25) is 0 Å². The maximum absolute atomic E-state index is 11.4. The fourth-order valence-corrected chi connectivity index (χ4v) is 4.57. The molecule has 10 heteroatoms. The number of thioether (sulfide) groups is 1. The summed E-state index contributed by atoms with van der Waals surface area (Å²) < 4.78 is 13.1. The summed E-state index contributed by atoms with van der Waals surface area (Å²) in [6.07, 6.45) is 8.47. The minimum Gasteiger partial charge on any atom is -0.465 e. The zero-order chi connectivity index (χ0) is 23.8. The highest BCUT2D eigenvalue weighted by Gasteiger charge is 2.22. The summed E-state index contributed by atoms with van der Waals surface area (Å²) in [4.78, 5) is 17.5. The molecule has 3 aromatic rings. The van der Waals surface area contributed by atoms with Crippen molar-refractivity contribution in [2.75, 3.05) is 12.9 Å². The quantitative estimate of drug-likeness (QED) is 0.240. The van der Waals surface area contributed by atoms with Gasteiger partial charge in [-0.25, -0.2) is 4.98 Å². The minimum atomic E-state index is -0.243. The molecular formula is C23H27BrN4O3S2. The van der Waals surface area contributed by atoms with Gasteiger partial charge >= 0.3 is 5.97 Å². The van der Waals surface area contributed by atoms with Gasteiger partial charge in [0.05, 0.1) is 17.3 Å². The Balaban J connectivity index is 0.000000186. The molecule has 0 spiro atoms. The summed E-state index contributed by atoms with van der Waals surface area (Å²) in [7, 11) is 0. The summed E-state index contributed by atoms with van der Waals surface area (Å²) >= 11 is 9.29. The third-order valence-electron chi connectivity index (χ3n) is 4.96. The van der Waals surface area contributed by atoms with Crippen LogP contribution in [0.5, 0.6) is 11.6 Å². The van der Waals surface area contributed by atoms with E-state index in [4.69, 9.17) is 15.2 Å². The number of hydrogen-bond acceptors (Lipinski definition) is 8. The maximum atomic E-state index is 11.4. The lowest BCUT2D eigenvalue weighted by molar-refractivity contribution is -0.144. The Morgan fingerprint density at radius 1 is 1.33 bits per heavy atom. The number of benzene rings is 1. The van der Waals surface area contributed by atoms with Gasteiger partial charge < -0.3 is 15.2 Å². The number of thiol groups is 1. The zero-order valence-electron chi connectivity index (χ0n) is 18.5. The molecule has 176 valence electrons. The van der Waals surface area contributed by atoms with Gasteiger partial charge in [-0.1, -0.05) is 0 Å². The number of pyridine rings is 1. The molecule has 0 radical (unpaired) electrons. The molecule has 4 rings (SSSR count). The van der Waals surface area contributed by atoms with Crippen LogP contribution in [-0.4, -0.2) is 33.6 Å². The Bertz CT molecular complexity index is 1080. The number of esters is 1. The van der Waals surface area contributed by atoms with Gasteiger partial charge in [0, 0.05) is 33.3 Å². The zero-order valence-corrected chi connectivity index (χ0v) is 21.8. The largest absolute Gasteiger partial charge is 0.465 e. The summed E-state index contributed by atoms with van der Waals surface area (Å²) in [6, 6.07) is 9.80. The fourth-order valence-electron chi connectivity index (χ4n) is 3.36. The van der Waals surface area contributed by atoms with E-state index in [1.54, 1.807) is 35.8 Å². The van der Waals surface area contributed by atoms with E-state index in [0.717, 1.165) is 45.6 Å². The molecular weight excluding hydrogens is 524 g/mol. The second-order valence-corrected chi connectivity index (χ2v) is 9.52. The van der Waals surface area contributed by atoms with E-state index in [9.17, 15) is 4.79 Å².